The number of carbonyl (C=O) groups is 3. The summed E-state index contributed by atoms with van der Waals surface area (Å²) in [5.74, 6) is -3.32. The zero-order chi connectivity index (χ0) is 16.3. The number of carboxylic acids is 3. The third kappa shape index (κ3) is 3.41. The van der Waals surface area contributed by atoms with E-state index < -0.39 is 24.3 Å². The van der Waals surface area contributed by atoms with E-state index in [-0.39, 0.29) is 18.4 Å². The van der Waals surface area contributed by atoms with Gasteiger partial charge < -0.3 is 15.3 Å². The van der Waals surface area contributed by atoms with Gasteiger partial charge in [0.05, 0.1) is 19.3 Å². The monoisotopic (exact) mass is 302 g/mol. The van der Waals surface area contributed by atoms with Gasteiger partial charge in [-0.25, -0.2) is 0 Å². The second-order valence-electron chi connectivity index (χ2n) is 4.93. The molecule has 0 aromatic heterocycles. The predicted octanol–water partition coefficient (Wildman–Crippen LogP) is 1.72. The van der Waals surface area contributed by atoms with Gasteiger partial charge in [-0.1, -0.05) is 30.3 Å². The smallest absolute Gasteiger partial charge is 0.307 e. The van der Waals surface area contributed by atoms with Crippen LogP contribution in [0.25, 0.3) is 10.8 Å². The maximum atomic E-state index is 11.1. The van der Waals surface area contributed by atoms with E-state index in [4.69, 9.17) is 15.3 Å². The summed E-state index contributed by atoms with van der Waals surface area (Å²) in [5.41, 5.74) is 0.977. The van der Waals surface area contributed by atoms with Gasteiger partial charge in [0, 0.05) is 0 Å². The third-order valence-electron chi connectivity index (χ3n) is 3.37. The first-order valence-corrected chi connectivity index (χ1v) is 6.56. The number of benzene rings is 2. The molecular formula is C16H14O6. The van der Waals surface area contributed by atoms with Gasteiger partial charge in [0.25, 0.3) is 0 Å². The van der Waals surface area contributed by atoms with Crippen LogP contribution >= 0.6 is 0 Å². The number of aliphatic carboxylic acids is 3. The first-order valence-electron chi connectivity index (χ1n) is 6.56. The van der Waals surface area contributed by atoms with Crippen LogP contribution in [0.2, 0.25) is 0 Å². The summed E-state index contributed by atoms with van der Waals surface area (Å²) in [4.78, 5) is 33.2. The second-order valence-corrected chi connectivity index (χ2v) is 4.93. The summed E-state index contributed by atoms with van der Waals surface area (Å²) in [7, 11) is 0. The predicted molar refractivity (Wildman–Crippen MR) is 78.0 cm³/mol. The highest BCUT2D eigenvalue weighted by Gasteiger charge is 2.19. The Morgan fingerprint density at radius 3 is 1.91 bits per heavy atom. The topological polar surface area (TPSA) is 112 Å². The van der Waals surface area contributed by atoms with Crippen LogP contribution in [-0.2, 0) is 33.6 Å². The fourth-order valence-electron chi connectivity index (χ4n) is 2.57. The lowest BCUT2D eigenvalue weighted by molar-refractivity contribution is -0.137. The lowest BCUT2D eigenvalue weighted by Crippen LogP contribution is -2.13. The normalized spacial score (nSPS) is 10.5. The van der Waals surface area contributed by atoms with E-state index in [1.165, 1.54) is 0 Å². The molecule has 0 fully saturated rings. The highest BCUT2D eigenvalue weighted by molar-refractivity contribution is 5.92. The third-order valence-corrected chi connectivity index (χ3v) is 3.37. The number of rotatable bonds is 6. The summed E-state index contributed by atoms with van der Waals surface area (Å²) < 4.78 is 0. The molecule has 2 rings (SSSR count). The summed E-state index contributed by atoms with van der Waals surface area (Å²) in [5, 5.41) is 28.5. The molecule has 6 heteroatoms. The lowest BCUT2D eigenvalue weighted by Gasteiger charge is -2.15. The van der Waals surface area contributed by atoms with Crippen molar-refractivity contribution in [3.8, 4) is 0 Å². The lowest BCUT2D eigenvalue weighted by atomic mass is 9.89. The van der Waals surface area contributed by atoms with E-state index in [2.05, 4.69) is 0 Å². The molecule has 2 aromatic rings. The van der Waals surface area contributed by atoms with Gasteiger partial charge >= 0.3 is 17.9 Å². The van der Waals surface area contributed by atoms with Crippen molar-refractivity contribution < 1.29 is 29.7 Å². The summed E-state index contributed by atoms with van der Waals surface area (Å²) >= 11 is 0. The minimum Gasteiger partial charge on any atom is -0.481 e. The Kier molecular flexibility index (Phi) is 4.41. The zero-order valence-electron chi connectivity index (χ0n) is 11.6. The molecule has 0 saturated carbocycles. The largest absolute Gasteiger partial charge is 0.481 e. The van der Waals surface area contributed by atoms with E-state index >= 15 is 0 Å². The van der Waals surface area contributed by atoms with Gasteiger partial charge in [0.1, 0.15) is 0 Å². The van der Waals surface area contributed by atoms with E-state index in [0.717, 1.165) is 0 Å². The molecule has 0 bridgehead atoms. The Morgan fingerprint density at radius 1 is 0.773 bits per heavy atom. The Balaban J connectivity index is 2.76. The van der Waals surface area contributed by atoms with Crippen molar-refractivity contribution >= 4 is 28.7 Å². The number of fused-ring (bicyclic) bond motifs is 1. The average molecular weight is 302 g/mol. The van der Waals surface area contributed by atoms with Crippen LogP contribution in [0.4, 0.5) is 0 Å². The SMILES string of the molecule is O=C(O)Cc1cc2ccccc2c(CC(=O)O)c1CC(=O)O. The summed E-state index contributed by atoms with van der Waals surface area (Å²) in [6.45, 7) is 0. The molecule has 0 heterocycles. The van der Waals surface area contributed by atoms with Crippen molar-refractivity contribution in [3.05, 3.63) is 47.0 Å². The van der Waals surface area contributed by atoms with Gasteiger partial charge in [-0.15, -0.1) is 0 Å². The van der Waals surface area contributed by atoms with Crippen LogP contribution in [0.15, 0.2) is 30.3 Å². The molecule has 0 spiro atoms. The average Bonchev–Trinajstić information content (AvgIpc) is 2.41. The van der Waals surface area contributed by atoms with E-state index in [1.807, 2.05) is 0 Å². The van der Waals surface area contributed by atoms with E-state index in [0.29, 0.717) is 21.9 Å². The molecule has 6 nitrogen and oxygen atoms in total. The van der Waals surface area contributed by atoms with Crippen molar-refractivity contribution in [2.75, 3.05) is 0 Å². The molecule has 2 aromatic carbocycles. The van der Waals surface area contributed by atoms with Crippen LogP contribution < -0.4 is 0 Å². The molecule has 0 aliphatic carbocycles. The van der Waals surface area contributed by atoms with Gasteiger partial charge in [0.15, 0.2) is 0 Å². The fraction of sp³-hybridized carbons (Fsp3) is 0.188. The Labute approximate surface area is 125 Å². The van der Waals surface area contributed by atoms with Crippen molar-refractivity contribution in [1.29, 1.82) is 0 Å². The van der Waals surface area contributed by atoms with Crippen LogP contribution in [0.3, 0.4) is 0 Å². The molecule has 0 saturated heterocycles. The van der Waals surface area contributed by atoms with Gasteiger partial charge in [-0.05, 0) is 27.5 Å². The number of hydrogen-bond acceptors (Lipinski definition) is 3. The maximum Gasteiger partial charge on any atom is 0.307 e. The molecule has 0 amide bonds. The Bertz CT molecular complexity index is 763. The van der Waals surface area contributed by atoms with Crippen LogP contribution in [0, 0.1) is 0 Å². The molecule has 0 radical (unpaired) electrons. The van der Waals surface area contributed by atoms with Crippen LogP contribution in [0.1, 0.15) is 16.7 Å². The second kappa shape index (κ2) is 6.26. The molecule has 22 heavy (non-hydrogen) atoms. The standard InChI is InChI=1S/C16H14O6/c17-14(18)6-10-5-9-3-1-2-4-11(9)13(8-16(21)22)12(10)7-15(19)20/h1-5H,6-8H2,(H,17,18)(H,19,20)(H,21,22). The van der Waals surface area contributed by atoms with E-state index in [9.17, 15) is 14.4 Å². The minimum atomic E-state index is -1.13. The first kappa shape index (κ1) is 15.5. The van der Waals surface area contributed by atoms with Crippen LogP contribution in [-0.4, -0.2) is 33.2 Å². The molecule has 0 aliphatic heterocycles. The fourth-order valence-corrected chi connectivity index (χ4v) is 2.57. The molecule has 0 atom stereocenters. The quantitative estimate of drug-likeness (QED) is 0.749. The highest BCUT2D eigenvalue weighted by atomic mass is 16.4. The highest BCUT2D eigenvalue weighted by Crippen LogP contribution is 2.28. The summed E-state index contributed by atoms with van der Waals surface area (Å²) in [6, 6.07) is 8.57. The van der Waals surface area contributed by atoms with Crippen molar-refractivity contribution in [2.24, 2.45) is 0 Å². The molecule has 0 unspecified atom stereocenters. The molecule has 0 aliphatic rings. The van der Waals surface area contributed by atoms with Crippen LogP contribution in [0.5, 0.6) is 0 Å². The molecule has 3 N–H and O–H groups in total. The molecular weight excluding hydrogens is 288 g/mol. The Hall–Kier alpha value is -2.89. The first-order chi connectivity index (χ1) is 10.4. The van der Waals surface area contributed by atoms with Gasteiger partial charge in [-0.2, -0.15) is 0 Å². The number of hydrogen-bond donors (Lipinski definition) is 3. The Morgan fingerprint density at radius 2 is 1.32 bits per heavy atom. The molecule has 114 valence electrons. The van der Waals surface area contributed by atoms with Crippen molar-refractivity contribution in [3.63, 3.8) is 0 Å². The minimum absolute atomic E-state index is 0.274. The van der Waals surface area contributed by atoms with Gasteiger partial charge in [0.2, 0.25) is 0 Å². The van der Waals surface area contributed by atoms with E-state index in [1.54, 1.807) is 30.3 Å². The van der Waals surface area contributed by atoms with Gasteiger partial charge in [-0.3, -0.25) is 14.4 Å². The summed E-state index contributed by atoms with van der Waals surface area (Å²) in [6.07, 6.45) is -1.10. The van der Waals surface area contributed by atoms with Crippen molar-refractivity contribution in [2.45, 2.75) is 19.3 Å². The zero-order valence-corrected chi connectivity index (χ0v) is 11.6. The maximum absolute atomic E-state index is 11.1. The van der Waals surface area contributed by atoms with Crippen molar-refractivity contribution in [1.82, 2.24) is 0 Å². The number of carboxylic acid groups (broad SMARTS) is 3.